The molecule has 4 aromatic rings. The van der Waals surface area contributed by atoms with Crippen LogP contribution in [0, 0.1) is 13.8 Å². The second-order valence-electron chi connectivity index (χ2n) is 9.10. The molecule has 5 rings (SSSR count). The molecule has 1 amide bonds. The van der Waals surface area contributed by atoms with Gasteiger partial charge in [-0.3, -0.25) is 4.79 Å². The Morgan fingerprint density at radius 2 is 1.74 bits per heavy atom. The summed E-state index contributed by atoms with van der Waals surface area (Å²) in [5.41, 5.74) is 5.53. The first kappa shape index (κ1) is 22.2. The lowest BCUT2D eigenvalue weighted by Gasteiger charge is -2.20. The molecule has 5 nitrogen and oxygen atoms in total. The maximum atomic E-state index is 13.1. The van der Waals surface area contributed by atoms with Gasteiger partial charge >= 0.3 is 0 Å². The van der Waals surface area contributed by atoms with Gasteiger partial charge in [-0.25, -0.2) is 4.98 Å². The summed E-state index contributed by atoms with van der Waals surface area (Å²) in [7, 11) is 0. The molecule has 3 aromatic carbocycles. The SMILES string of the molecule is Cc1cccc(N2CC(c3nc4ccccc4n3CCCCOc3ccccc3)CC2=O)c1C. The Balaban J connectivity index is 1.33. The van der Waals surface area contributed by atoms with Crippen molar-refractivity contribution in [2.45, 2.75) is 45.6 Å². The third kappa shape index (κ3) is 4.43. The predicted octanol–water partition coefficient (Wildman–Crippen LogP) is 6.03. The van der Waals surface area contributed by atoms with Crippen molar-refractivity contribution < 1.29 is 9.53 Å². The van der Waals surface area contributed by atoms with E-state index in [1.165, 1.54) is 11.1 Å². The van der Waals surface area contributed by atoms with Crippen LogP contribution in [0.1, 0.15) is 42.1 Å². The lowest BCUT2D eigenvalue weighted by atomic mass is 10.1. The minimum Gasteiger partial charge on any atom is -0.494 e. The number of hydrogen-bond donors (Lipinski definition) is 0. The Labute approximate surface area is 201 Å². The first-order valence-electron chi connectivity index (χ1n) is 12.1. The van der Waals surface area contributed by atoms with E-state index in [-0.39, 0.29) is 11.8 Å². The second-order valence-corrected chi connectivity index (χ2v) is 9.10. The number of aryl methyl sites for hydroxylation is 2. The third-order valence-corrected chi connectivity index (χ3v) is 6.83. The van der Waals surface area contributed by atoms with Crippen LogP contribution in [0.25, 0.3) is 11.0 Å². The monoisotopic (exact) mass is 453 g/mol. The van der Waals surface area contributed by atoms with Crippen molar-refractivity contribution in [1.82, 2.24) is 9.55 Å². The first-order valence-corrected chi connectivity index (χ1v) is 12.1. The molecule has 1 unspecified atom stereocenters. The van der Waals surface area contributed by atoms with Crippen LogP contribution in [0.4, 0.5) is 5.69 Å². The maximum Gasteiger partial charge on any atom is 0.227 e. The zero-order valence-corrected chi connectivity index (χ0v) is 19.9. The summed E-state index contributed by atoms with van der Waals surface area (Å²) < 4.78 is 8.19. The number of hydrogen-bond acceptors (Lipinski definition) is 3. The van der Waals surface area contributed by atoms with Crippen molar-refractivity contribution in [3.05, 3.63) is 89.7 Å². The first-order chi connectivity index (χ1) is 16.6. The largest absolute Gasteiger partial charge is 0.494 e. The number of imidazole rings is 1. The average molecular weight is 454 g/mol. The predicted molar refractivity (Wildman–Crippen MR) is 137 cm³/mol. The molecule has 1 aliphatic rings. The van der Waals surface area contributed by atoms with Gasteiger partial charge < -0.3 is 14.2 Å². The minimum absolute atomic E-state index is 0.0837. The molecule has 0 aliphatic carbocycles. The van der Waals surface area contributed by atoms with E-state index in [0.29, 0.717) is 19.6 Å². The molecule has 0 N–H and O–H groups in total. The number of anilines is 1. The lowest BCUT2D eigenvalue weighted by molar-refractivity contribution is -0.117. The third-order valence-electron chi connectivity index (χ3n) is 6.83. The molecule has 1 saturated heterocycles. The Morgan fingerprint density at radius 3 is 2.59 bits per heavy atom. The van der Waals surface area contributed by atoms with E-state index in [1.54, 1.807) is 0 Å². The zero-order chi connectivity index (χ0) is 23.5. The molecule has 174 valence electrons. The fourth-order valence-electron chi connectivity index (χ4n) is 4.86. The highest BCUT2D eigenvalue weighted by Crippen LogP contribution is 2.35. The molecule has 0 bridgehead atoms. The summed E-state index contributed by atoms with van der Waals surface area (Å²) in [5, 5.41) is 0. The van der Waals surface area contributed by atoms with Gasteiger partial charge in [0.2, 0.25) is 5.91 Å². The molecule has 34 heavy (non-hydrogen) atoms. The minimum atomic E-state index is 0.0837. The number of carbonyl (C=O) groups excluding carboxylic acids is 1. The smallest absolute Gasteiger partial charge is 0.227 e. The van der Waals surface area contributed by atoms with Gasteiger partial charge in [0, 0.05) is 31.1 Å². The van der Waals surface area contributed by atoms with Crippen LogP contribution >= 0.6 is 0 Å². The van der Waals surface area contributed by atoms with Crippen molar-refractivity contribution in [1.29, 1.82) is 0 Å². The number of ether oxygens (including phenoxy) is 1. The fourth-order valence-corrected chi connectivity index (χ4v) is 4.86. The summed E-state index contributed by atoms with van der Waals surface area (Å²) in [6.45, 7) is 6.41. The Hall–Kier alpha value is -3.60. The number of benzene rings is 3. The summed E-state index contributed by atoms with van der Waals surface area (Å²) >= 11 is 0. The van der Waals surface area contributed by atoms with E-state index in [0.717, 1.165) is 47.7 Å². The van der Waals surface area contributed by atoms with E-state index >= 15 is 0 Å². The number of nitrogens with zero attached hydrogens (tertiary/aromatic N) is 3. The quantitative estimate of drug-likeness (QED) is 0.306. The van der Waals surface area contributed by atoms with Crippen LogP contribution in [-0.2, 0) is 11.3 Å². The van der Waals surface area contributed by atoms with Gasteiger partial charge in [-0.15, -0.1) is 0 Å². The summed E-state index contributed by atoms with van der Waals surface area (Å²) in [6, 6.07) is 24.4. The van der Waals surface area contributed by atoms with Crippen LogP contribution < -0.4 is 9.64 Å². The van der Waals surface area contributed by atoms with Crippen LogP contribution in [0.15, 0.2) is 72.8 Å². The molecular weight excluding hydrogens is 422 g/mol. The Morgan fingerprint density at radius 1 is 0.941 bits per heavy atom. The normalized spacial score (nSPS) is 15.9. The van der Waals surface area contributed by atoms with Crippen LogP contribution in [0.5, 0.6) is 5.75 Å². The fraction of sp³-hybridized carbons (Fsp3) is 0.310. The highest BCUT2D eigenvalue weighted by Gasteiger charge is 2.35. The van der Waals surface area contributed by atoms with Crippen molar-refractivity contribution >= 4 is 22.6 Å². The van der Waals surface area contributed by atoms with Crippen LogP contribution in [0.3, 0.4) is 0 Å². The molecule has 1 fully saturated rings. The molecule has 1 aromatic heterocycles. The van der Waals surface area contributed by atoms with E-state index in [1.807, 2.05) is 47.4 Å². The summed E-state index contributed by atoms with van der Waals surface area (Å²) in [4.78, 5) is 20.0. The van der Waals surface area contributed by atoms with Gasteiger partial charge in [0.25, 0.3) is 0 Å². The number of carbonyl (C=O) groups is 1. The molecule has 5 heteroatoms. The molecule has 1 aliphatic heterocycles. The van der Waals surface area contributed by atoms with E-state index in [9.17, 15) is 4.79 Å². The van der Waals surface area contributed by atoms with Gasteiger partial charge in [-0.2, -0.15) is 0 Å². The molecule has 0 saturated carbocycles. The zero-order valence-electron chi connectivity index (χ0n) is 19.9. The van der Waals surface area contributed by atoms with Crippen molar-refractivity contribution in [2.75, 3.05) is 18.1 Å². The molecule has 0 spiro atoms. The Bertz CT molecular complexity index is 1300. The topological polar surface area (TPSA) is 47.4 Å². The number of para-hydroxylation sites is 3. The van der Waals surface area contributed by atoms with Gasteiger partial charge in [-0.05, 0) is 68.1 Å². The van der Waals surface area contributed by atoms with Gasteiger partial charge in [0.05, 0.1) is 17.6 Å². The van der Waals surface area contributed by atoms with Crippen LogP contribution in [0.2, 0.25) is 0 Å². The molecular formula is C29H31N3O2. The number of unbranched alkanes of at least 4 members (excludes halogenated alkanes) is 1. The molecule has 2 heterocycles. The van der Waals surface area contributed by atoms with Gasteiger partial charge in [-0.1, -0.05) is 42.5 Å². The van der Waals surface area contributed by atoms with E-state index in [2.05, 4.69) is 48.7 Å². The Kier molecular flexibility index (Phi) is 6.35. The van der Waals surface area contributed by atoms with E-state index in [4.69, 9.17) is 9.72 Å². The second kappa shape index (κ2) is 9.72. The van der Waals surface area contributed by atoms with Crippen molar-refractivity contribution in [2.24, 2.45) is 0 Å². The average Bonchev–Trinajstić information content (AvgIpc) is 3.42. The molecule has 1 atom stereocenters. The summed E-state index contributed by atoms with van der Waals surface area (Å²) in [6.07, 6.45) is 2.44. The number of aromatic nitrogens is 2. The van der Waals surface area contributed by atoms with E-state index < -0.39 is 0 Å². The summed E-state index contributed by atoms with van der Waals surface area (Å²) in [5.74, 6) is 2.19. The van der Waals surface area contributed by atoms with Gasteiger partial charge in [0.1, 0.15) is 11.6 Å². The molecule has 0 radical (unpaired) electrons. The van der Waals surface area contributed by atoms with Crippen molar-refractivity contribution in [3.63, 3.8) is 0 Å². The van der Waals surface area contributed by atoms with Gasteiger partial charge in [0.15, 0.2) is 0 Å². The lowest BCUT2D eigenvalue weighted by Crippen LogP contribution is -2.25. The standard InChI is InChI=1S/C29H31N3O2/c1-21-11-10-16-26(22(21)2)32-20-23(19-28(32)33)29-30-25-14-6-7-15-27(25)31(29)17-8-9-18-34-24-12-4-3-5-13-24/h3-7,10-16,23H,8-9,17-20H2,1-2H3. The highest BCUT2D eigenvalue weighted by atomic mass is 16.5. The number of amides is 1. The maximum absolute atomic E-state index is 13.1. The van der Waals surface area contributed by atoms with Crippen molar-refractivity contribution in [3.8, 4) is 5.75 Å². The number of fused-ring (bicyclic) bond motifs is 1. The number of rotatable bonds is 8. The van der Waals surface area contributed by atoms with Crippen LogP contribution in [-0.4, -0.2) is 28.6 Å². The highest BCUT2D eigenvalue weighted by molar-refractivity contribution is 5.97.